The van der Waals surface area contributed by atoms with Crippen LogP contribution in [0.25, 0.3) is 0 Å². The van der Waals surface area contributed by atoms with Gasteiger partial charge in [-0.1, -0.05) is 0 Å². The zero-order valence-electron chi connectivity index (χ0n) is 3.00. The monoisotopic (exact) mass is 273 g/mol. The van der Waals surface area contributed by atoms with Crippen LogP contribution in [0.15, 0.2) is 0 Å². The summed E-state index contributed by atoms with van der Waals surface area (Å²) in [6.45, 7) is 0. The van der Waals surface area contributed by atoms with Gasteiger partial charge >= 0.3 is 40.8 Å². The van der Waals surface area contributed by atoms with Crippen molar-refractivity contribution in [3.8, 4) is 0 Å². The molecule has 0 saturated heterocycles. The van der Waals surface area contributed by atoms with E-state index in [4.69, 9.17) is 19.2 Å². The van der Waals surface area contributed by atoms with E-state index in [0.29, 0.717) is 0 Å². The predicted molar refractivity (Wildman–Crippen MR) is 9.83 cm³/mol. The van der Waals surface area contributed by atoms with Crippen LogP contribution >= 0.6 is 7.82 Å². The maximum atomic E-state index is 8.66. The molecule has 1 N–H and O–H groups in total. The van der Waals surface area contributed by atoms with Gasteiger partial charge in [0.05, 0.1) is 7.82 Å². The van der Waals surface area contributed by atoms with E-state index in [1.165, 1.54) is 0 Å². The second-order valence-electron chi connectivity index (χ2n) is 0.469. The maximum Gasteiger partial charge on any atom is 3.00 e. The van der Waals surface area contributed by atoms with Gasteiger partial charge in [0, 0.05) is 0 Å². The molecule has 0 atom stereocenters. The smallest absolute Gasteiger partial charge is 1.00 e. The Morgan fingerprint density at radius 2 is 1.43 bits per heavy atom. The molecule has 0 aromatic heterocycles. The minimum absolute atomic E-state index is 0. The van der Waals surface area contributed by atoms with E-state index in [1.807, 2.05) is 0 Å². The van der Waals surface area contributed by atoms with Crippen molar-refractivity contribution in [1.82, 2.24) is 0 Å². The molecule has 0 heterocycles. The summed E-state index contributed by atoms with van der Waals surface area (Å²) in [5.41, 5.74) is 0. The van der Waals surface area contributed by atoms with Crippen molar-refractivity contribution in [1.29, 1.82) is 0 Å². The summed E-state index contributed by atoms with van der Waals surface area (Å²) in [6, 6.07) is 0. The van der Waals surface area contributed by atoms with Gasteiger partial charge in [0.25, 0.3) is 0 Å². The van der Waals surface area contributed by atoms with Crippen LogP contribution in [0.2, 0.25) is 0 Å². The summed E-state index contributed by atoms with van der Waals surface area (Å²) in [7, 11) is -5.14. The van der Waals surface area contributed by atoms with Crippen molar-refractivity contribution >= 4 is 7.82 Å². The predicted octanol–water partition coefficient (Wildman–Crippen LogP) is -5.19. The molecular weight excluding hydrogens is 275 g/mol. The van der Waals surface area contributed by atoms with Crippen LogP contribution in [0.4, 0.5) is 0 Å². The molecule has 7 heteroatoms. The molecule has 0 rings (SSSR count). The van der Waals surface area contributed by atoms with E-state index in [9.17, 15) is 0 Å². The maximum absolute atomic E-state index is 8.66. The van der Waals surface area contributed by atoms with Crippen molar-refractivity contribution in [3.63, 3.8) is 0 Å². The van der Waals surface area contributed by atoms with Crippen LogP contribution in [0.5, 0.6) is 0 Å². The van der Waals surface area contributed by atoms with Gasteiger partial charge in [0.2, 0.25) is 0 Å². The molecule has 0 saturated carbocycles. The Morgan fingerprint density at radius 1 is 1.43 bits per heavy atom. The first-order chi connectivity index (χ1) is 2.00. The average molecular weight is 276 g/mol. The van der Waals surface area contributed by atoms with E-state index in [2.05, 4.69) is 0 Å². The van der Waals surface area contributed by atoms with Crippen molar-refractivity contribution in [2.24, 2.45) is 0 Å². The second-order valence-corrected chi connectivity index (χ2v) is 1.41. The molecular formula is HClNdO4P. The molecule has 0 aliphatic heterocycles. The summed E-state index contributed by atoms with van der Waals surface area (Å²) in [5.74, 6) is 0. The summed E-state index contributed by atoms with van der Waals surface area (Å²) in [6.07, 6.45) is 0. The molecule has 41 valence electrons. The van der Waals surface area contributed by atoms with Crippen molar-refractivity contribution in [2.45, 2.75) is 0 Å². The molecule has 0 aromatic carbocycles. The first-order valence-corrected chi connectivity index (χ1v) is 2.24. The number of halogens is 1. The fourth-order valence-corrected chi connectivity index (χ4v) is 0. The Hall–Kier alpha value is 1.75. The molecule has 0 spiro atoms. The third-order valence-corrected chi connectivity index (χ3v) is 0. The third kappa shape index (κ3) is 83.6. The molecule has 4 nitrogen and oxygen atoms in total. The number of hydrogen-bond donors (Lipinski definition) is 1. The van der Waals surface area contributed by atoms with Gasteiger partial charge in [-0.15, -0.1) is 0 Å². The molecule has 0 unspecified atom stereocenters. The van der Waals surface area contributed by atoms with Crippen LogP contribution in [0.3, 0.4) is 0 Å². The van der Waals surface area contributed by atoms with Gasteiger partial charge in [-0.05, 0) is 0 Å². The molecule has 0 fully saturated rings. The standard InChI is InChI=1S/ClH.Nd.H3O4P/c;;1-5(2,3)4/h1H;;(H3,1,2,3,4)/q;+3;/p-3. The minimum atomic E-state index is -5.14. The van der Waals surface area contributed by atoms with Crippen molar-refractivity contribution < 1.29 is 72.5 Å². The zero-order chi connectivity index (χ0) is 4.50. The molecule has 0 bridgehead atoms. The SMILES string of the molecule is O=P([O-])([O-])O.[Cl-].[Nd+3]. The summed E-state index contributed by atoms with van der Waals surface area (Å²) in [5, 5.41) is 0. The Kier molecular flexibility index (Phi) is 13.4. The Bertz CT molecular complexity index is 57.8. The number of rotatable bonds is 0. The molecule has 0 aliphatic carbocycles. The Labute approximate surface area is 79.5 Å². The topological polar surface area (TPSA) is 83.4 Å². The quantitative estimate of drug-likeness (QED) is 0.448. The summed E-state index contributed by atoms with van der Waals surface area (Å²) in [4.78, 5) is 24.3. The summed E-state index contributed by atoms with van der Waals surface area (Å²) >= 11 is 0. The van der Waals surface area contributed by atoms with Crippen LogP contribution < -0.4 is 22.2 Å². The van der Waals surface area contributed by atoms with Crippen LogP contribution in [-0.2, 0) is 4.57 Å². The van der Waals surface area contributed by atoms with E-state index in [-0.39, 0.29) is 53.2 Å². The van der Waals surface area contributed by atoms with E-state index < -0.39 is 7.82 Å². The van der Waals surface area contributed by atoms with Crippen LogP contribution in [0.1, 0.15) is 0 Å². The number of hydrogen-bond acceptors (Lipinski definition) is 3. The number of phosphoric acid groups is 1. The zero-order valence-corrected chi connectivity index (χ0v) is 7.86. The Balaban J connectivity index is -0.0000000800. The first-order valence-electron chi connectivity index (χ1n) is 0.748. The van der Waals surface area contributed by atoms with Crippen molar-refractivity contribution in [2.75, 3.05) is 0 Å². The van der Waals surface area contributed by atoms with Crippen LogP contribution in [0, 0.1) is 40.8 Å². The van der Waals surface area contributed by atoms with Gasteiger partial charge < -0.3 is 31.7 Å². The van der Waals surface area contributed by atoms with E-state index >= 15 is 0 Å². The van der Waals surface area contributed by atoms with E-state index in [1.54, 1.807) is 0 Å². The Morgan fingerprint density at radius 3 is 1.43 bits per heavy atom. The van der Waals surface area contributed by atoms with Gasteiger partial charge in [-0.2, -0.15) is 0 Å². The molecule has 0 amide bonds. The fraction of sp³-hybridized carbons (Fsp3) is 0. The fourth-order valence-electron chi connectivity index (χ4n) is 0. The van der Waals surface area contributed by atoms with E-state index in [0.717, 1.165) is 0 Å². The van der Waals surface area contributed by atoms with Gasteiger partial charge in [-0.3, -0.25) is 0 Å². The van der Waals surface area contributed by atoms with Crippen molar-refractivity contribution in [3.05, 3.63) is 0 Å². The van der Waals surface area contributed by atoms with Gasteiger partial charge in [0.1, 0.15) is 0 Å². The first kappa shape index (κ1) is 15.9. The normalized spacial score (nSPS) is 8.43. The summed E-state index contributed by atoms with van der Waals surface area (Å²) < 4.78 is 8.66. The molecule has 1 radical (unpaired) electrons. The molecule has 0 aliphatic rings. The molecule has 0 aromatic rings. The van der Waals surface area contributed by atoms with Crippen LogP contribution in [-0.4, -0.2) is 4.89 Å². The van der Waals surface area contributed by atoms with Gasteiger partial charge in [-0.25, -0.2) is 0 Å². The van der Waals surface area contributed by atoms with Gasteiger partial charge in [0.15, 0.2) is 0 Å². The second kappa shape index (κ2) is 5.88. The minimum Gasteiger partial charge on any atom is -1.00 e. The largest absolute Gasteiger partial charge is 3.00 e. The average Bonchev–Trinajstić information content (AvgIpc) is 0.722. The molecule has 7 heavy (non-hydrogen) atoms. The third-order valence-electron chi connectivity index (χ3n) is 0.